The zero-order valence-electron chi connectivity index (χ0n) is 25.9. The van der Waals surface area contributed by atoms with Crippen LogP contribution in [0.1, 0.15) is 31.4 Å². The van der Waals surface area contributed by atoms with E-state index in [1.54, 1.807) is 60.7 Å². The van der Waals surface area contributed by atoms with Gasteiger partial charge in [-0.2, -0.15) is 0 Å². The number of rotatable bonds is 14. The molecule has 0 bridgehead atoms. The highest BCUT2D eigenvalue weighted by Crippen LogP contribution is 2.33. The summed E-state index contributed by atoms with van der Waals surface area (Å²) in [6, 6.07) is 27.5. The molecule has 0 aromatic heterocycles. The third-order valence-corrected chi connectivity index (χ3v) is 10.1. The van der Waals surface area contributed by atoms with Crippen molar-refractivity contribution in [2.45, 2.75) is 50.2 Å². The summed E-state index contributed by atoms with van der Waals surface area (Å²) in [5, 5.41) is 3.63. The van der Waals surface area contributed by atoms with Crippen molar-refractivity contribution in [2.75, 3.05) is 18.0 Å². The Morgan fingerprint density at radius 2 is 1.43 bits per heavy atom. The molecule has 0 heterocycles. The maximum atomic E-state index is 14.6. The molecule has 2 amide bonds. The van der Waals surface area contributed by atoms with Crippen LogP contribution in [0.25, 0.3) is 0 Å². The quantitative estimate of drug-likeness (QED) is 0.159. The summed E-state index contributed by atoms with van der Waals surface area (Å²) in [4.78, 5) is 30.0. The number of carbonyl (C=O) groups excluding carboxylic acids is 2. The van der Waals surface area contributed by atoms with Gasteiger partial charge < -0.3 is 15.0 Å². The van der Waals surface area contributed by atoms with E-state index in [0.29, 0.717) is 22.0 Å². The molecule has 242 valence electrons. The lowest BCUT2D eigenvalue weighted by Crippen LogP contribution is -2.54. The first-order chi connectivity index (χ1) is 22.1. The van der Waals surface area contributed by atoms with Crippen LogP contribution in [-0.2, 0) is 32.6 Å². The molecular weight excluding hydrogens is 645 g/mol. The average Bonchev–Trinajstić information content (AvgIpc) is 3.06. The molecule has 1 N–H and O–H groups in total. The highest BCUT2D eigenvalue weighted by Gasteiger charge is 2.36. The van der Waals surface area contributed by atoms with Gasteiger partial charge in [0.05, 0.1) is 17.7 Å². The average molecular weight is 683 g/mol. The van der Waals surface area contributed by atoms with Crippen molar-refractivity contribution in [1.29, 1.82) is 0 Å². The number of ether oxygens (including phenoxy) is 1. The van der Waals surface area contributed by atoms with Crippen LogP contribution >= 0.6 is 23.2 Å². The van der Waals surface area contributed by atoms with Crippen molar-refractivity contribution in [2.24, 2.45) is 0 Å². The topological polar surface area (TPSA) is 96.0 Å². The highest BCUT2D eigenvalue weighted by molar-refractivity contribution is 7.92. The molecule has 8 nitrogen and oxygen atoms in total. The number of amides is 2. The van der Waals surface area contributed by atoms with E-state index in [2.05, 4.69) is 5.32 Å². The van der Waals surface area contributed by atoms with Gasteiger partial charge >= 0.3 is 0 Å². The molecule has 46 heavy (non-hydrogen) atoms. The molecule has 2 atom stereocenters. The zero-order chi connectivity index (χ0) is 33.3. The van der Waals surface area contributed by atoms with Gasteiger partial charge in [-0.1, -0.05) is 96.9 Å². The Kier molecular flexibility index (Phi) is 12.1. The standard InChI is InChI=1S/C35H37Cl2N3O5S/c1-4-25(2)38-35(42)32(22-26-14-7-5-8-15-26)39(23-28-29(36)18-13-19-30(28)37)34(41)24-40(31-20-11-12-21-33(31)45-3)46(43,44)27-16-9-6-10-17-27/h5-21,25,32H,4,22-24H2,1-3H3,(H,38,42)/t25-,32+/m0/s1. The van der Waals surface area contributed by atoms with Crippen LogP contribution in [-0.4, -0.2) is 50.9 Å². The first-order valence-corrected chi connectivity index (χ1v) is 17.0. The van der Waals surface area contributed by atoms with Crippen molar-refractivity contribution >= 4 is 50.7 Å². The summed E-state index contributed by atoms with van der Waals surface area (Å²) >= 11 is 13.2. The minimum absolute atomic E-state index is 0.00949. The van der Waals surface area contributed by atoms with E-state index in [4.69, 9.17) is 27.9 Å². The molecule has 4 rings (SSSR count). The predicted molar refractivity (Wildman–Crippen MR) is 183 cm³/mol. The third-order valence-electron chi connectivity index (χ3n) is 7.63. The normalized spacial score (nSPS) is 12.5. The van der Waals surface area contributed by atoms with E-state index in [1.807, 2.05) is 44.2 Å². The Balaban J connectivity index is 1.86. The van der Waals surface area contributed by atoms with Gasteiger partial charge in [0.1, 0.15) is 18.3 Å². The Morgan fingerprint density at radius 1 is 0.848 bits per heavy atom. The van der Waals surface area contributed by atoms with Gasteiger partial charge in [0.25, 0.3) is 10.0 Å². The lowest BCUT2D eigenvalue weighted by atomic mass is 10.0. The van der Waals surface area contributed by atoms with E-state index >= 15 is 0 Å². The number of sulfonamides is 1. The summed E-state index contributed by atoms with van der Waals surface area (Å²) in [5.74, 6) is -0.767. The van der Waals surface area contributed by atoms with Gasteiger partial charge in [0.2, 0.25) is 11.8 Å². The van der Waals surface area contributed by atoms with Gasteiger partial charge in [-0.15, -0.1) is 0 Å². The van der Waals surface area contributed by atoms with Crippen LogP contribution in [0.4, 0.5) is 5.69 Å². The van der Waals surface area contributed by atoms with E-state index in [9.17, 15) is 18.0 Å². The second-order valence-electron chi connectivity index (χ2n) is 10.7. The van der Waals surface area contributed by atoms with Crippen LogP contribution in [0, 0.1) is 0 Å². The SMILES string of the molecule is CC[C@H](C)NC(=O)[C@@H](Cc1ccccc1)N(Cc1c(Cl)cccc1Cl)C(=O)CN(c1ccccc1OC)S(=O)(=O)c1ccccc1. The smallest absolute Gasteiger partial charge is 0.264 e. The van der Waals surface area contributed by atoms with E-state index < -0.39 is 28.5 Å². The number of para-hydroxylation sites is 2. The molecule has 0 aliphatic carbocycles. The minimum Gasteiger partial charge on any atom is -0.495 e. The Bertz CT molecular complexity index is 1720. The number of hydrogen-bond donors (Lipinski definition) is 1. The highest BCUT2D eigenvalue weighted by atomic mass is 35.5. The first kappa shape index (κ1) is 34.8. The molecule has 0 unspecified atom stereocenters. The molecule has 4 aromatic carbocycles. The Hall–Kier alpha value is -4.05. The fourth-order valence-corrected chi connectivity index (χ4v) is 6.88. The summed E-state index contributed by atoms with van der Waals surface area (Å²) in [6.07, 6.45) is 0.835. The number of halogens is 2. The monoisotopic (exact) mass is 681 g/mol. The maximum Gasteiger partial charge on any atom is 0.264 e. The van der Waals surface area contributed by atoms with Crippen LogP contribution in [0.3, 0.4) is 0 Å². The number of methoxy groups -OCH3 is 1. The van der Waals surface area contributed by atoms with Crippen LogP contribution in [0.2, 0.25) is 10.0 Å². The first-order valence-electron chi connectivity index (χ1n) is 14.8. The molecular formula is C35H37Cl2N3O5S. The van der Waals surface area contributed by atoms with Crippen molar-refractivity contribution in [3.05, 3.63) is 124 Å². The van der Waals surface area contributed by atoms with Crippen LogP contribution in [0.15, 0.2) is 108 Å². The second kappa shape index (κ2) is 16.0. The van der Waals surface area contributed by atoms with Gasteiger partial charge in [-0.3, -0.25) is 13.9 Å². The van der Waals surface area contributed by atoms with Crippen molar-refractivity contribution < 1.29 is 22.7 Å². The number of nitrogens with zero attached hydrogens (tertiary/aromatic N) is 2. The van der Waals surface area contributed by atoms with Gasteiger partial charge in [-0.25, -0.2) is 8.42 Å². The lowest BCUT2D eigenvalue weighted by Gasteiger charge is -2.35. The van der Waals surface area contributed by atoms with Crippen molar-refractivity contribution in [3.63, 3.8) is 0 Å². The van der Waals surface area contributed by atoms with E-state index in [-0.39, 0.29) is 41.2 Å². The number of benzene rings is 4. The number of anilines is 1. The molecule has 0 aliphatic heterocycles. The third kappa shape index (κ3) is 8.40. The number of hydrogen-bond acceptors (Lipinski definition) is 5. The van der Waals surface area contributed by atoms with E-state index in [1.165, 1.54) is 24.1 Å². The molecule has 0 fully saturated rings. The fraction of sp³-hybridized carbons (Fsp3) is 0.257. The molecule has 4 aromatic rings. The number of nitrogens with one attached hydrogen (secondary N) is 1. The van der Waals surface area contributed by atoms with Crippen LogP contribution < -0.4 is 14.4 Å². The molecule has 0 aliphatic rings. The summed E-state index contributed by atoms with van der Waals surface area (Å²) in [7, 11) is -2.85. The fourth-order valence-electron chi connectivity index (χ4n) is 4.92. The summed E-state index contributed by atoms with van der Waals surface area (Å²) in [5.41, 5.74) is 1.42. The Morgan fingerprint density at radius 3 is 2.04 bits per heavy atom. The van der Waals surface area contributed by atoms with Crippen LogP contribution in [0.5, 0.6) is 5.75 Å². The molecule has 0 saturated carbocycles. The molecule has 0 spiro atoms. The minimum atomic E-state index is -4.28. The van der Waals surface area contributed by atoms with Gasteiger partial charge in [0, 0.05) is 34.6 Å². The molecule has 11 heteroatoms. The second-order valence-corrected chi connectivity index (χ2v) is 13.4. The lowest BCUT2D eigenvalue weighted by molar-refractivity contribution is -0.140. The molecule has 0 saturated heterocycles. The predicted octanol–water partition coefficient (Wildman–Crippen LogP) is 6.75. The number of carbonyl (C=O) groups is 2. The van der Waals surface area contributed by atoms with Gasteiger partial charge in [0.15, 0.2) is 0 Å². The Labute approximate surface area is 280 Å². The van der Waals surface area contributed by atoms with Crippen molar-refractivity contribution in [3.8, 4) is 5.75 Å². The largest absolute Gasteiger partial charge is 0.495 e. The molecule has 0 radical (unpaired) electrons. The summed E-state index contributed by atoms with van der Waals surface area (Å²) < 4.78 is 34.9. The van der Waals surface area contributed by atoms with E-state index in [0.717, 1.165) is 9.87 Å². The maximum absolute atomic E-state index is 14.6. The zero-order valence-corrected chi connectivity index (χ0v) is 28.2. The summed E-state index contributed by atoms with van der Waals surface area (Å²) in [6.45, 7) is 3.04. The van der Waals surface area contributed by atoms with Gasteiger partial charge in [-0.05, 0) is 55.3 Å². The van der Waals surface area contributed by atoms with Crippen molar-refractivity contribution in [1.82, 2.24) is 10.2 Å².